The minimum Gasteiger partial charge on any atom is -0.352 e. The highest BCUT2D eigenvalue weighted by molar-refractivity contribution is 7.90. The summed E-state index contributed by atoms with van der Waals surface area (Å²) in [7, 11) is -1.43. The molecule has 0 spiro atoms. The molecule has 0 radical (unpaired) electrons. The maximum absolute atomic E-state index is 14.2. The molecule has 0 saturated heterocycles. The van der Waals surface area contributed by atoms with Crippen LogP contribution < -0.4 is 9.62 Å². The Hall–Kier alpha value is -3.76. The number of aryl methyl sites for hydroxylation is 1. The monoisotopic (exact) mass is 582 g/mol. The van der Waals surface area contributed by atoms with Gasteiger partial charge >= 0.3 is 10.2 Å². The van der Waals surface area contributed by atoms with Crippen molar-refractivity contribution in [1.29, 1.82) is 0 Å². The van der Waals surface area contributed by atoms with Crippen LogP contribution in [0.5, 0.6) is 0 Å². The topological polar surface area (TPSA) is 90.0 Å². The number of rotatable bonds is 13. The summed E-state index contributed by atoms with van der Waals surface area (Å²) in [6.45, 7) is 5.28. The summed E-state index contributed by atoms with van der Waals surface area (Å²) in [5.74, 6) is -1.43. The van der Waals surface area contributed by atoms with Crippen LogP contribution in [-0.2, 0) is 32.8 Å². The van der Waals surface area contributed by atoms with E-state index in [4.69, 9.17) is 0 Å². The molecule has 2 amide bonds. The minimum atomic E-state index is -4.15. The van der Waals surface area contributed by atoms with Gasteiger partial charge in [0, 0.05) is 33.1 Å². The molecule has 0 aliphatic carbocycles. The van der Waals surface area contributed by atoms with Crippen LogP contribution >= 0.6 is 0 Å². The molecule has 0 bridgehead atoms. The van der Waals surface area contributed by atoms with Gasteiger partial charge in [-0.2, -0.15) is 12.7 Å². The van der Waals surface area contributed by atoms with Crippen LogP contribution in [-0.4, -0.2) is 62.2 Å². The molecule has 0 aliphatic rings. The summed E-state index contributed by atoms with van der Waals surface area (Å²) < 4.78 is 42.4. The number of anilines is 1. The fourth-order valence-corrected chi connectivity index (χ4v) is 5.35. The van der Waals surface area contributed by atoms with E-state index in [1.165, 1.54) is 31.1 Å². The number of amides is 2. The fourth-order valence-electron chi connectivity index (χ4n) is 4.29. The average molecular weight is 583 g/mol. The molecule has 0 saturated carbocycles. The molecule has 1 N–H and O–H groups in total. The Kier molecular flexibility index (Phi) is 11.0. The van der Waals surface area contributed by atoms with Gasteiger partial charge in [-0.3, -0.25) is 9.59 Å². The Balaban J connectivity index is 2.10. The molecular formula is C31H39FN4O4S. The number of nitrogens with one attached hydrogen (secondary N) is 1. The van der Waals surface area contributed by atoms with Crippen molar-refractivity contribution in [2.45, 2.75) is 52.2 Å². The van der Waals surface area contributed by atoms with Crippen molar-refractivity contribution in [2.75, 3.05) is 24.9 Å². The summed E-state index contributed by atoms with van der Waals surface area (Å²) in [6.07, 6.45) is 0.937. The van der Waals surface area contributed by atoms with Crippen LogP contribution in [0.3, 0.4) is 0 Å². The van der Waals surface area contributed by atoms with E-state index >= 15 is 0 Å². The molecule has 0 heterocycles. The van der Waals surface area contributed by atoms with E-state index in [-0.39, 0.29) is 30.6 Å². The third kappa shape index (κ3) is 8.37. The third-order valence-corrected chi connectivity index (χ3v) is 8.83. The lowest BCUT2D eigenvalue weighted by atomic mass is 10.0. The number of hydrogen-bond donors (Lipinski definition) is 1. The van der Waals surface area contributed by atoms with E-state index in [0.717, 1.165) is 37.4 Å². The Morgan fingerprint density at radius 2 is 1.54 bits per heavy atom. The molecule has 8 nitrogen and oxygen atoms in total. The normalized spacial score (nSPS) is 13.0. The van der Waals surface area contributed by atoms with E-state index in [1.54, 1.807) is 0 Å². The Morgan fingerprint density at radius 1 is 0.927 bits per heavy atom. The summed E-state index contributed by atoms with van der Waals surface area (Å²) in [6, 6.07) is 20.8. The zero-order chi connectivity index (χ0) is 30.2. The molecular weight excluding hydrogens is 543 g/mol. The van der Waals surface area contributed by atoms with Gasteiger partial charge in [0.25, 0.3) is 0 Å². The molecule has 41 heavy (non-hydrogen) atoms. The molecule has 3 aromatic carbocycles. The van der Waals surface area contributed by atoms with E-state index in [2.05, 4.69) is 5.32 Å². The number of carbonyl (C=O) groups is 2. The largest absolute Gasteiger partial charge is 0.352 e. The molecule has 220 valence electrons. The van der Waals surface area contributed by atoms with Crippen LogP contribution in [0.1, 0.15) is 37.0 Å². The number of nitrogens with zero attached hydrogens (tertiary/aromatic N) is 3. The van der Waals surface area contributed by atoms with Crippen LogP contribution in [0.15, 0.2) is 78.9 Å². The van der Waals surface area contributed by atoms with Gasteiger partial charge in [0.1, 0.15) is 18.4 Å². The van der Waals surface area contributed by atoms with Gasteiger partial charge in [-0.1, -0.05) is 61.5 Å². The molecule has 3 aromatic rings. The summed E-state index contributed by atoms with van der Waals surface area (Å²) in [5, 5.41) is 3.01. The van der Waals surface area contributed by atoms with Gasteiger partial charge in [-0.15, -0.1) is 0 Å². The standard InChI is InChI=1S/C31H39FN4O4S/c1-6-24(3)33-31(38)29(20-25-13-8-7-9-14-25)35(21-26-15-11-10-12-23(26)2)30(37)22-36(41(39,40)34(4)5)28-18-16-27(32)17-19-28/h7-19,24,29H,6,20-22H2,1-5H3,(H,33,38)/t24-,29-/m1/s1. The smallest absolute Gasteiger partial charge is 0.304 e. The highest BCUT2D eigenvalue weighted by atomic mass is 32.2. The number of hydrogen-bond acceptors (Lipinski definition) is 4. The predicted molar refractivity (Wildman–Crippen MR) is 160 cm³/mol. The highest BCUT2D eigenvalue weighted by Crippen LogP contribution is 2.23. The van der Waals surface area contributed by atoms with Crippen molar-refractivity contribution >= 4 is 27.7 Å². The van der Waals surface area contributed by atoms with Crippen molar-refractivity contribution in [1.82, 2.24) is 14.5 Å². The zero-order valence-electron chi connectivity index (χ0n) is 24.2. The van der Waals surface area contributed by atoms with E-state index in [1.807, 2.05) is 75.4 Å². The lowest BCUT2D eigenvalue weighted by Gasteiger charge is -2.35. The van der Waals surface area contributed by atoms with Gasteiger partial charge in [0.2, 0.25) is 11.8 Å². The van der Waals surface area contributed by atoms with Gasteiger partial charge in [0.15, 0.2) is 0 Å². The minimum absolute atomic E-state index is 0.0935. The van der Waals surface area contributed by atoms with Gasteiger partial charge in [-0.05, 0) is 61.2 Å². The van der Waals surface area contributed by atoms with Crippen LogP contribution in [0.2, 0.25) is 0 Å². The second kappa shape index (κ2) is 14.2. The van der Waals surface area contributed by atoms with Gasteiger partial charge in [0.05, 0.1) is 5.69 Å². The van der Waals surface area contributed by atoms with Gasteiger partial charge < -0.3 is 10.2 Å². The van der Waals surface area contributed by atoms with Crippen molar-refractivity contribution in [2.24, 2.45) is 0 Å². The molecule has 3 rings (SSSR count). The van der Waals surface area contributed by atoms with Crippen LogP contribution in [0.25, 0.3) is 0 Å². The first-order chi connectivity index (χ1) is 19.4. The third-order valence-electron chi connectivity index (χ3n) is 7.01. The molecule has 2 atom stereocenters. The second-order valence-electron chi connectivity index (χ2n) is 10.2. The Bertz CT molecular complexity index is 1420. The van der Waals surface area contributed by atoms with Crippen molar-refractivity contribution in [3.05, 3.63) is 101 Å². The van der Waals surface area contributed by atoms with Crippen molar-refractivity contribution in [3.63, 3.8) is 0 Å². The van der Waals surface area contributed by atoms with Crippen LogP contribution in [0, 0.1) is 12.7 Å². The fraction of sp³-hybridized carbons (Fsp3) is 0.355. The van der Waals surface area contributed by atoms with E-state index < -0.39 is 34.5 Å². The van der Waals surface area contributed by atoms with Crippen molar-refractivity contribution in [3.8, 4) is 0 Å². The molecule has 0 aliphatic heterocycles. The lowest BCUT2D eigenvalue weighted by Crippen LogP contribution is -2.55. The Morgan fingerprint density at radius 3 is 2.12 bits per heavy atom. The molecule has 0 fully saturated rings. The summed E-state index contributed by atoms with van der Waals surface area (Å²) >= 11 is 0. The van der Waals surface area contributed by atoms with E-state index in [9.17, 15) is 22.4 Å². The summed E-state index contributed by atoms with van der Waals surface area (Å²) in [5.41, 5.74) is 2.75. The number of benzene rings is 3. The quantitative estimate of drug-likeness (QED) is 0.326. The molecule has 0 unspecified atom stereocenters. The summed E-state index contributed by atoms with van der Waals surface area (Å²) in [4.78, 5) is 29.4. The Labute approximate surface area is 243 Å². The first-order valence-electron chi connectivity index (χ1n) is 13.6. The van der Waals surface area contributed by atoms with Crippen LogP contribution in [0.4, 0.5) is 10.1 Å². The number of halogens is 1. The lowest BCUT2D eigenvalue weighted by molar-refractivity contribution is -0.140. The maximum atomic E-state index is 14.2. The molecule has 0 aromatic heterocycles. The first-order valence-corrected chi connectivity index (χ1v) is 15.0. The first kappa shape index (κ1) is 31.8. The number of carbonyl (C=O) groups excluding carboxylic acids is 2. The predicted octanol–water partition coefficient (Wildman–Crippen LogP) is 4.30. The zero-order valence-corrected chi connectivity index (χ0v) is 25.1. The van der Waals surface area contributed by atoms with Crippen molar-refractivity contribution < 1.29 is 22.4 Å². The van der Waals surface area contributed by atoms with E-state index in [0.29, 0.717) is 6.42 Å². The maximum Gasteiger partial charge on any atom is 0.304 e. The highest BCUT2D eigenvalue weighted by Gasteiger charge is 2.35. The SMILES string of the molecule is CC[C@@H](C)NC(=O)[C@@H](Cc1ccccc1)N(Cc1ccccc1C)C(=O)CN(c1ccc(F)cc1)S(=O)(=O)N(C)C. The van der Waals surface area contributed by atoms with Gasteiger partial charge in [-0.25, -0.2) is 8.70 Å². The average Bonchev–Trinajstić information content (AvgIpc) is 2.95. The molecule has 10 heteroatoms. The second-order valence-corrected chi connectivity index (χ2v) is 12.3.